The number of hydrogen-bond donors (Lipinski definition) is 1. The van der Waals surface area contributed by atoms with E-state index in [-0.39, 0.29) is 0 Å². The van der Waals surface area contributed by atoms with E-state index in [1.165, 1.54) is 16.4 Å². The van der Waals surface area contributed by atoms with Crippen molar-refractivity contribution in [1.82, 2.24) is 14.9 Å². The lowest BCUT2D eigenvalue weighted by molar-refractivity contribution is 0.342. The molecule has 0 spiro atoms. The summed E-state index contributed by atoms with van der Waals surface area (Å²) in [5.74, 6) is 8.79. The van der Waals surface area contributed by atoms with Crippen LogP contribution in [0.3, 0.4) is 0 Å². The first-order chi connectivity index (χ1) is 12.6. The normalized spacial score (nSPS) is 10.7. The van der Waals surface area contributed by atoms with Crippen molar-refractivity contribution in [2.24, 2.45) is 0 Å². The van der Waals surface area contributed by atoms with Crippen LogP contribution < -0.4 is 15.3 Å². The first-order valence-corrected chi connectivity index (χ1v) is 9.38. The molecule has 0 bridgehead atoms. The monoisotopic (exact) mass is 410 g/mol. The minimum Gasteiger partial charge on any atom is -0.497 e. The van der Waals surface area contributed by atoms with E-state index in [9.17, 15) is 0 Å². The highest BCUT2D eigenvalue weighted by atomic mass is 35.5. The van der Waals surface area contributed by atoms with Crippen molar-refractivity contribution in [1.29, 1.82) is 0 Å². The van der Waals surface area contributed by atoms with Gasteiger partial charge in [0.2, 0.25) is 5.16 Å². The van der Waals surface area contributed by atoms with Gasteiger partial charge in [-0.25, -0.2) is 4.68 Å². The maximum atomic E-state index is 6.20. The Morgan fingerprint density at radius 1 is 1.08 bits per heavy atom. The predicted octanol–water partition coefficient (Wildman–Crippen LogP) is 4.15. The average Bonchev–Trinajstić information content (AvgIpc) is 3.00. The Hall–Kier alpha value is -2.09. The zero-order valence-corrected chi connectivity index (χ0v) is 16.2. The summed E-state index contributed by atoms with van der Waals surface area (Å²) >= 11 is 13.6. The van der Waals surface area contributed by atoms with Gasteiger partial charge in [-0.2, -0.15) is 0 Å². The first kappa shape index (κ1) is 18.7. The third-order valence-electron chi connectivity index (χ3n) is 3.48. The molecular formula is C17H16Cl2N4O2S. The van der Waals surface area contributed by atoms with E-state index < -0.39 is 0 Å². The van der Waals surface area contributed by atoms with E-state index in [0.29, 0.717) is 38.9 Å². The van der Waals surface area contributed by atoms with E-state index in [2.05, 4.69) is 10.2 Å². The van der Waals surface area contributed by atoms with Crippen molar-refractivity contribution in [3.8, 4) is 22.9 Å². The molecule has 9 heteroatoms. The predicted molar refractivity (Wildman–Crippen MR) is 105 cm³/mol. The highest BCUT2D eigenvalue weighted by Crippen LogP contribution is 2.30. The van der Waals surface area contributed by atoms with E-state index in [1.54, 1.807) is 25.3 Å². The van der Waals surface area contributed by atoms with Crippen LogP contribution in [0.5, 0.6) is 11.5 Å². The van der Waals surface area contributed by atoms with E-state index in [0.717, 1.165) is 11.5 Å². The van der Waals surface area contributed by atoms with Gasteiger partial charge in [0.15, 0.2) is 5.82 Å². The molecule has 0 atom stereocenters. The van der Waals surface area contributed by atoms with Gasteiger partial charge in [-0.15, -0.1) is 10.2 Å². The number of benzene rings is 2. The molecule has 136 valence electrons. The maximum Gasteiger partial charge on any atom is 0.210 e. The molecule has 3 aromatic rings. The molecule has 0 aliphatic rings. The van der Waals surface area contributed by atoms with Crippen LogP contribution in [0.2, 0.25) is 10.0 Å². The van der Waals surface area contributed by atoms with Gasteiger partial charge < -0.3 is 15.3 Å². The summed E-state index contributed by atoms with van der Waals surface area (Å²) in [5, 5.41) is 9.82. The molecule has 26 heavy (non-hydrogen) atoms. The molecule has 0 amide bonds. The number of ether oxygens (including phenoxy) is 2. The largest absolute Gasteiger partial charge is 0.497 e. The molecule has 0 radical (unpaired) electrons. The second kappa shape index (κ2) is 8.53. The van der Waals surface area contributed by atoms with Crippen LogP contribution in [-0.4, -0.2) is 34.3 Å². The molecular weight excluding hydrogens is 395 g/mol. The zero-order chi connectivity index (χ0) is 18.5. The van der Waals surface area contributed by atoms with Crippen LogP contribution in [-0.2, 0) is 0 Å². The summed E-state index contributed by atoms with van der Waals surface area (Å²) in [6, 6.07) is 12.5. The quantitative estimate of drug-likeness (QED) is 0.358. The molecule has 0 saturated carbocycles. The summed E-state index contributed by atoms with van der Waals surface area (Å²) in [6.07, 6.45) is 0. The highest BCUT2D eigenvalue weighted by molar-refractivity contribution is 7.99. The minimum absolute atomic E-state index is 0.469. The number of methoxy groups -OCH3 is 1. The van der Waals surface area contributed by atoms with Crippen LogP contribution >= 0.6 is 35.0 Å². The fourth-order valence-corrected chi connectivity index (χ4v) is 3.36. The fraction of sp³-hybridized carbons (Fsp3) is 0.176. The Labute approximate surface area is 165 Å². The molecule has 0 saturated heterocycles. The Balaban J connectivity index is 1.58. The van der Waals surface area contributed by atoms with Crippen LogP contribution in [0.25, 0.3) is 11.4 Å². The van der Waals surface area contributed by atoms with Gasteiger partial charge >= 0.3 is 0 Å². The zero-order valence-electron chi connectivity index (χ0n) is 13.9. The van der Waals surface area contributed by atoms with Gasteiger partial charge in [-0.05, 0) is 42.5 Å². The Kier molecular flexibility index (Phi) is 6.13. The minimum atomic E-state index is 0.469. The number of nitrogens with zero attached hydrogens (tertiary/aromatic N) is 3. The van der Waals surface area contributed by atoms with E-state index >= 15 is 0 Å². The number of halogens is 2. The fourth-order valence-electron chi connectivity index (χ4n) is 2.19. The molecule has 3 rings (SSSR count). The Morgan fingerprint density at radius 2 is 1.81 bits per heavy atom. The van der Waals surface area contributed by atoms with Gasteiger partial charge in [-0.1, -0.05) is 35.0 Å². The lowest BCUT2D eigenvalue weighted by Crippen LogP contribution is -2.12. The lowest BCUT2D eigenvalue weighted by atomic mass is 10.2. The number of thioether (sulfide) groups is 1. The van der Waals surface area contributed by atoms with Crippen molar-refractivity contribution >= 4 is 35.0 Å². The summed E-state index contributed by atoms with van der Waals surface area (Å²) in [5.41, 5.74) is 0.674. The summed E-state index contributed by atoms with van der Waals surface area (Å²) in [6.45, 7) is 0.501. The number of nitrogens with two attached hydrogens (primary N) is 1. The lowest BCUT2D eigenvalue weighted by Gasteiger charge is -2.07. The van der Waals surface area contributed by atoms with Crippen LogP contribution in [0.4, 0.5) is 0 Å². The molecule has 2 aromatic carbocycles. The third kappa shape index (κ3) is 4.35. The van der Waals surface area contributed by atoms with Crippen LogP contribution in [0.15, 0.2) is 47.6 Å². The molecule has 0 aliphatic carbocycles. The Bertz CT molecular complexity index is 887. The SMILES string of the molecule is COc1ccc(OCCSc2nnc(-c3ccc(Cl)cc3Cl)n2N)cc1. The summed E-state index contributed by atoms with van der Waals surface area (Å²) < 4.78 is 12.2. The third-order valence-corrected chi connectivity index (χ3v) is 4.93. The van der Waals surface area contributed by atoms with Gasteiger partial charge in [0.25, 0.3) is 0 Å². The van der Waals surface area contributed by atoms with Crippen molar-refractivity contribution in [2.75, 3.05) is 25.3 Å². The van der Waals surface area contributed by atoms with Crippen molar-refractivity contribution in [3.63, 3.8) is 0 Å². The van der Waals surface area contributed by atoms with Crippen LogP contribution in [0, 0.1) is 0 Å². The van der Waals surface area contributed by atoms with Gasteiger partial charge in [0.05, 0.1) is 18.7 Å². The van der Waals surface area contributed by atoms with Gasteiger partial charge in [0, 0.05) is 16.3 Å². The van der Waals surface area contributed by atoms with Crippen LogP contribution in [0.1, 0.15) is 0 Å². The molecule has 0 unspecified atom stereocenters. The number of aromatic nitrogens is 3. The highest BCUT2D eigenvalue weighted by Gasteiger charge is 2.15. The summed E-state index contributed by atoms with van der Waals surface area (Å²) in [4.78, 5) is 0. The second-order valence-corrected chi connectivity index (χ2v) is 7.08. The van der Waals surface area contributed by atoms with Gasteiger partial charge in [0.1, 0.15) is 11.5 Å². The van der Waals surface area contributed by atoms with Gasteiger partial charge in [-0.3, -0.25) is 0 Å². The van der Waals surface area contributed by atoms with Crippen molar-refractivity contribution in [3.05, 3.63) is 52.5 Å². The molecule has 6 nitrogen and oxygen atoms in total. The Morgan fingerprint density at radius 3 is 2.50 bits per heavy atom. The molecule has 2 N–H and O–H groups in total. The second-order valence-electron chi connectivity index (χ2n) is 5.17. The van der Waals surface area contributed by atoms with E-state index in [1.807, 2.05) is 24.3 Å². The first-order valence-electron chi connectivity index (χ1n) is 7.64. The molecule has 0 aliphatic heterocycles. The number of hydrogen-bond acceptors (Lipinski definition) is 6. The van der Waals surface area contributed by atoms with Crippen molar-refractivity contribution < 1.29 is 9.47 Å². The molecule has 1 aromatic heterocycles. The maximum absolute atomic E-state index is 6.20. The number of nitrogen functional groups attached to an aromatic ring is 1. The molecule has 0 fully saturated rings. The average molecular weight is 411 g/mol. The standard InChI is InChI=1S/C17H16Cl2N4O2S/c1-24-12-3-5-13(6-4-12)25-8-9-26-17-22-21-16(23(17)20)14-7-2-11(18)10-15(14)19/h2-7,10H,8-9,20H2,1H3. The topological polar surface area (TPSA) is 75.2 Å². The smallest absolute Gasteiger partial charge is 0.210 e. The molecule has 1 heterocycles. The van der Waals surface area contributed by atoms with E-state index in [4.69, 9.17) is 38.5 Å². The summed E-state index contributed by atoms with van der Waals surface area (Å²) in [7, 11) is 1.63. The van der Waals surface area contributed by atoms with Crippen molar-refractivity contribution in [2.45, 2.75) is 5.16 Å². The number of rotatable bonds is 7.